The fourth-order valence-electron chi connectivity index (χ4n) is 1.76. The van der Waals surface area contributed by atoms with E-state index in [-0.39, 0.29) is 5.91 Å². The summed E-state index contributed by atoms with van der Waals surface area (Å²) in [7, 11) is 0. The molecule has 0 saturated heterocycles. The number of benzene rings is 1. The Bertz CT molecular complexity index is 597. The maximum Gasteiger partial charge on any atom is 0.252 e. The van der Waals surface area contributed by atoms with Gasteiger partial charge in [-0.05, 0) is 80.2 Å². The summed E-state index contributed by atoms with van der Waals surface area (Å²) in [6, 6.07) is 7.87. The van der Waals surface area contributed by atoms with Crippen molar-refractivity contribution in [3.05, 3.63) is 53.7 Å². The van der Waals surface area contributed by atoms with Gasteiger partial charge in [-0.25, -0.2) is 0 Å². The molecule has 2 rings (SSSR count). The lowest BCUT2D eigenvalue weighted by Crippen LogP contribution is -2.23. The molecule has 0 saturated carbocycles. The van der Waals surface area contributed by atoms with Gasteiger partial charge in [0.2, 0.25) is 0 Å². The van der Waals surface area contributed by atoms with E-state index in [0.717, 1.165) is 14.5 Å². The van der Waals surface area contributed by atoms with Gasteiger partial charge in [-0.2, -0.15) is 0 Å². The minimum Gasteiger partial charge on any atom is -0.347 e. The van der Waals surface area contributed by atoms with Gasteiger partial charge in [0, 0.05) is 12.9 Å². The Morgan fingerprint density at radius 2 is 2.21 bits per heavy atom. The lowest BCUT2D eigenvalue weighted by Gasteiger charge is -2.07. The quantitative estimate of drug-likeness (QED) is 0.678. The predicted molar refractivity (Wildman–Crippen MR) is 91.7 cm³/mol. The highest BCUT2D eigenvalue weighted by atomic mass is 127. The molecule has 1 aromatic heterocycles. The van der Waals surface area contributed by atoms with Gasteiger partial charge in [-0.3, -0.25) is 4.79 Å². The van der Waals surface area contributed by atoms with Crippen LogP contribution in [0.1, 0.15) is 27.7 Å². The van der Waals surface area contributed by atoms with Gasteiger partial charge in [-0.15, -0.1) is 11.3 Å². The summed E-state index contributed by atoms with van der Waals surface area (Å²) in [5.74, 6) is -0.0409. The molecule has 0 spiro atoms. The van der Waals surface area contributed by atoms with Gasteiger partial charge in [0.15, 0.2) is 0 Å². The Morgan fingerprint density at radius 1 is 1.42 bits per heavy atom. The molecule has 0 radical (unpaired) electrons. The summed E-state index contributed by atoms with van der Waals surface area (Å²) in [6.45, 7) is 2.72. The maximum atomic E-state index is 12.2. The van der Waals surface area contributed by atoms with Crippen molar-refractivity contribution in [2.75, 3.05) is 0 Å². The van der Waals surface area contributed by atoms with Crippen LogP contribution in [0, 0.1) is 3.57 Å². The monoisotopic (exact) mass is 449 g/mol. The molecule has 0 aliphatic carbocycles. The number of carbonyl (C=O) groups is 1. The molecule has 0 aliphatic heterocycles. The fourth-order valence-corrected chi connectivity index (χ4v) is 3.60. The Labute approximate surface area is 138 Å². The highest BCUT2D eigenvalue weighted by Gasteiger charge is 2.11. The number of nitrogens with one attached hydrogen (secondary N) is 1. The molecule has 19 heavy (non-hydrogen) atoms. The third-order valence-electron chi connectivity index (χ3n) is 2.80. The van der Waals surface area contributed by atoms with Crippen molar-refractivity contribution in [3.63, 3.8) is 0 Å². The Balaban J connectivity index is 2.07. The number of hydrogen-bond acceptors (Lipinski definition) is 2. The van der Waals surface area contributed by atoms with E-state index in [1.807, 2.05) is 18.2 Å². The minimum atomic E-state index is -0.0409. The van der Waals surface area contributed by atoms with Crippen LogP contribution in [-0.4, -0.2) is 5.91 Å². The van der Waals surface area contributed by atoms with Gasteiger partial charge in [0.1, 0.15) is 0 Å². The summed E-state index contributed by atoms with van der Waals surface area (Å²) in [4.78, 5) is 13.4. The maximum absolute atomic E-state index is 12.2. The second kappa shape index (κ2) is 6.85. The highest BCUT2D eigenvalue weighted by Crippen LogP contribution is 2.20. The lowest BCUT2D eigenvalue weighted by molar-refractivity contribution is 0.0950. The van der Waals surface area contributed by atoms with Gasteiger partial charge >= 0.3 is 0 Å². The highest BCUT2D eigenvalue weighted by molar-refractivity contribution is 14.1. The molecule has 1 heterocycles. The van der Waals surface area contributed by atoms with Crippen LogP contribution < -0.4 is 5.32 Å². The fraction of sp³-hybridized carbons (Fsp3) is 0.214. The van der Waals surface area contributed by atoms with E-state index in [9.17, 15) is 4.79 Å². The number of halogens is 2. The summed E-state index contributed by atoms with van der Waals surface area (Å²) < 4.78 is 1.88. The summed E-state index contributed by atoms with van der Waals surface area (Å²) in [6.07, 6.45) is 1.00. The Hall–Kier alpha value is -0.400. The molecular weight excluding hydrogens is 437 g/mol. The van der Waals surface area contributed by atoms with E-state index in [2.05, 4.69) is 62.2 Å². The number of carbonyl (C=O) groups excluding carboxylic acids is 1. The van der Waals surface area contributed by atoms with Crippen LogP contribution in [0.25, 0.3) is 0 Å². The van der Waals surface area contributed by atoms with Crippen molar-refractivity contribution in [3.8, 4) is 0 Å². The number of hydrogen-bond donors (Lipinski definition) is 1. The van der Waals surface area contributed by atoms with Crippen LogP contribution in [0.3, 0.4) is 0 Å². The van der Waals surface area contributed by atoms with E-state index >= 15 is 0 Å². The summed E-state index contributed by atoms with van der Waals surface area (Å²) in [5, 5.41) is 5.05. The standard InChI is InChI=1S/C14H13BrINOS/c1-2-9-5-6-19-13(9)8-17-14(18)11-7-10(16)3-4-12(11)15/h3-7H,2,8H2,1H3,(H,17,18). The first kappa shape index (κ1) is 15.0. The largest absolute Gasteiger partial charge is 0.347 e. The van der Waals surface area contributed by atoms with Crippen molar-refractivity contribution < 1.29 is 4.79 Å². The molecule has 100 valence electrons. The number of amides is 1. The molecule has 2 nitrogen and oxygen atoms in total. The van der Waals surface area contributed by atoms with Crippen LogP contribution >= 0.6 is 49.9 Å². The van der Waals surface area contributed by atoms with Crippen molar-refractivity contribution in [2.24, 2.45) is 0 Å². The van der Waals surface area contributed by atoms with Crippen molar-refractivity contribution >= 4 is 55.8 Å². The molecule has 5 heteroatoms. The SMILES string of the molecule is CCc1ccsc1CNC(=O)c1cc(I)ccc1Br. The van der Waals surface area contributed by atoms with Crippen LogP contribution in [0.5, 0.6) is 0 Å². The smallest absolute Gasteiger partial charge is 0.252 e. The predicted octanol–water partition coefficient (Wildman–Crippen LogP) is 4.61. The van der Waals surface area contributed by atoms with Crippen molar-refractivity contribution in [1.29, 1.82) is 0 Å². The molecule has 2 aromatic rings. The van der Waals surface area contributed by atoms with E-state index in [0.29, 0.717) is 12.1 Å². The van der Waals surface area contributed by atoms with Crippen LogP contribution in [-0.2, 0) is 13.0 Å². The van der Waals surface area contributed by atoms with Crippen LogP contribution in [0.2, 0.25) is 0 Å². The second-order valence-corrected chi connectivity index (χ2v) is 7.13. The second-order valence-electron chi connectivity index (χ2n) is 4.03. The summed E-state index contributed by atoms with van der Waals surface area (Å²) >= 11 is 7.31. The Kier molecular flexibility index (Phi) is 5.41. The summed E-state index contributed by atoms with van der Waals surface area (Å²) in [5.41, 5.74) is 1.99. The van der Waals surface area contributed by atoms with Crippen LogP contribution in [0.4, 0.5) is 0 Å². The number of aryl methyl sites for hydroxylation is 1. The topological polar surface area (TPSA) is 29.1 Å². The van der Waals surface area contributed by atoms with E-state index in [1.54, 1.807) is 11.3 Å². The first-order chi connectivity index (χ1) is 9.11. The third kappa shape index (κ3) is 3.79. The van der Waals surface area contributed by atoms with Crippen molar-refractivity contribution in [2.45, 2.75) is 19.9 Å². The van der Waals surface area contributed by atoms with E-state index in [1.165, 1.54) is 10.4 Å². The van der Waals surface area contributed by atoms with Gasteiger partial charge in [0.25, 0.3) is 5.91 Å². The average molecular weight is 450 g/mol. The molecular formula is C14H13BrINOS. The van der Waals surface area contributed by atoms with E-state index < -0.39 is 0 Å². The zero-order valence-corrected chi connectivity index (χ0v) is 14.9. The van der Waals surface area contributed by atoms with Crippen molar-refractivity contribution in [1.82, 2.24) is 5.32 Å². The van der Waals surface area contributed by atoms with Crippen LogP contribution in [0.15, 0.2) is 34.1 Å². The molecule has 0 unspecified atom stereocenters. The number of rotatable bonds is 4. The zero-order chi connectivity index (χ0) is 13.8. The molecule has 1 amide bonds. The first-order valence-corrected chi connectivity index (χ1v) is 8.65. The lowest BCUT2D eigenvalue weighted by atomic mass is 10.2. The first-order valence-electron chi connectivity index (χ1n) is 5.90. The number of thiophene rings is 1. The minimum absolute atomic E-state index is 0.0409. The van der Waals surface area contributed by atoms with Gasteiger partial charge in [-0.1, -0.05) is 6.92 Å². The normalized spacial score (nSPS) is 10.5. The molecule has 0 aliphatic rings. The van der Waals surface area contributed by atoms with Gasteiger partial charge in [0.05, 0.1) is 12.1 Å². The molecule has 1 N–H and O–H groups in total. The zero-order valence-electron chi connectivity index (χ0n) is 10.4. The van der Waals surface area contributed by atoms with E-state index in [4.69, 9.17) is 0 Å². The average Bonchev–Trinajstić information content (AvgIpc) is 2.86. The third-order valence-corrected chi connectivity index (χ3v) is 5.13. The Morgan fingerprint density at radius 3 is 2.95 bits per heavy atom. The molecule has 0 fully saturated rings. The molecule has 0 atom stereocenters. The van der Waals surface area contributed by atoms with Gasteiger partial charge < -0.3 is 5.32 Å². The molecule has 0 bridgehead atoms. The molecule has 1 aromatic carbocycles.